The first-order valence-corrected chi connectivity index (χ1v) is 10.6. The largest absolute Gasteiger partial charge is 0.352 e. The van der Waals surface area contributed by atoms with Gasteiger partial charge in [0.2, 0.25) is 10.0 Å². The molecule has 2 aromatic rings. The highest BCUT2D eigenvalue weighted by Gasteiger charge is 2.32. The Bertz CT molecular complexity index is 1150. The van der Waals surface area contributed by atoms with Gasteiger partial charge in [0.1, 0.15) is 0 Å². The number of aryl methyl sites for hydroxylation is 3. The van der Waals surface area contributed by atoms with Gasteiger partial charge < -0.3 is 9.47 Å². The van der Waals surface area contributed by atoms with E-state index in [0.29, 0.717) is 13.1 Å². The molecule has 0 unspecified atom stereocenters. The van der Waals surface area contributed by atoms with Gasteiger partial charge in [0.05, 0.1) is 5.69 Å². The zero-order valence-corrected chi connectivity index (χ0v) is 16.6. The first-order valence-electron chi connectivity index (χ1n) is 9.16. The van der Waals surface area contributed by atoms with Crippen LogP contribution in [0.5, 0.6) is 0 Å². The zero-order valence-electron chi connectivity index (χ0n) is 15.8. The Morgan fingerprint density at radius 2 is 1.71 bits per heavy atom. The Labute approximate surface area is 162 Å². The van der Waals surface area contributed by atoms with Crippen LogP contribution >= 0.6 is 0 Å². The Morgan fingerprint density at radius 3 is 2.43 bits per heavy atom. The van der Waals surface area contributed by atoms with Crippen LogP contribution in [0.1, 0.15) is 17.7 Å². The summed E-state index contributed by atoms with van der Waals surface area (Å²) in [4.78, 5) is 25.8. The van der Waals surface area contributed by atoms with E-state index in [0.717, 1.165) is 46.1 Å². The number of rotatable bonds is 3. The molecule has 0 N–H and O–H groups in total. The van der Waals surface area contributed by atoms with Crippen molar-refractivity contribution in [3.63, 3.8) is 0 Å². The zero-order chi connectivity index (χ0) is 20.1. The molecule has 1 aliphatic heterocycles. The topological polar surface area (TPSA) is 110 Å². The Morgan fingerprint density at radius 1 is 1.00 bits per heavy atom. The first-order chi connectivity index (χ1) is 13.3. The number of sulfonamides is 1. The Balaban J connectivity index is 1.55. The maximum atomic E-state index is 13.0. The predicted molar refractivity (Wildman–Crippen MR) is 102 cm³/mol. The highest BCUT2D eigenvalue weighted by Crippen LogP contribution is 2.24. The summed E-state index contributed by atoms with van der Waals surface area (Å²) in [5, 5.41) is 8.57. The molecule has 2 aliphatic rings. The summed E-state index contributed by atoms with van der Waals surface area (Å²) in [6, 6.07) is 2.04. The van der Waals surface area contributed by atoms with Crippen molar-refractivity contribution in [2.75, 3.05) is 31.1 Å². The van der Waals surface area contributed by atoms with Gasteiger partial charge in [0.15, 0.2) is 10.7 Å². The van der Waals surface area contributed by atoms with Crippen molar-refractivity contribution in [2.24, 2.45) is 14.1 Å². The highest BCUT2D eigenvalue weighted by molar-refractivity contribution is 7.89. The molecule has 1 aliphatic carbocycles. The van der Waals surface area contributed by atoms with Crippen molar-refractivity contribution in [1.82, 2.24) is 23.6 Å². The fraction of sp³-hybridized carbons (Fsp3) is 0.529. The fourth-order valence-corrected chi connectivity index (χ4v) is 5.29. The predicted octanol–water partition coefficient (Wildman–Crippen LogP) is -1.13. The number of hydrogen-bond donors (Lipinski definition) is 0. The van der Waals surface area contributed by atoms with Crippen LogP contribution in [0, 0.1) is 0 Å². The van der Waals surface area contributed by atoms with E-state index in [1.807, 2.05) is 11.0 Å². The van der Waals surface area contributed by atoms with Crippen LogP contribution < -0.4 is 16.1 Å². The van der Waals surface area contributed by atoms with Crippen LogP contribution in [0.2, 0.25) is 0 Å². The second-order valence-corrected chi connectivity index (χ2v) is 9.08. The normalized spacial score (nSPS) is 17.7. The van der Waals surface area contributed by atoms with E-state index in [9.17, 15) is 18.0 Å². The summed E-state index contributed by atoms with van der Waals surface area (Å²) in [7, 11) is -1.30. The monoisotopic (exact) mass is 406 g/mol. The minimum absolute atomic E-state index is 0.229. The van der Waals surface area contributed by atoms with Crippen molar-refractivity contribution >= 4 is 15.8 Å². The molecular formula is C17H22N6O4S. The van der Waals surface area contributed by atoms with Crippen LogP contribution in [0.3, 0.4) is 0 Å². The molecule has 0 aromatic carbocycles. The molecule has 0 spiro atoms. The lowest BCUT2D eigenvalue weighted by molar-refractivity contribution is 0.382. The number of nitrogens with zero attached hydrogens (tertiary/aromatic N) is 6. The molecule has 0 radical (unpaired) electrons. The van der Waals surface area contributed by atoms with E-state index in [4.69, 9.17) is 0 Å². The number of piperazine rings is 1. The van der Waals surface area contributed by atoms with Gasteiger partial charge in [0, 0.05) is 46.5 Å². The van der Waals surface area contributed by atoms with Gasteiger partial charge in [-0.15, -0.1) is 5.10 Å². The van der Waals surface area contributed by atoms with Crippen molar-refractivity contribution in [2.45, 2.75) is 24.2 Å². The van der Waals surface area contributed by atoms with Gasteiger partial charge in [-0.3, -0.25) is 9.36 Å². The van der Waals surface area contributed by atoms with Gasteiger partial charge in [-0.25, -0.2) is 13.2 Å². The third-order valence-corrected chi connectivity index (χ3v) is 7.28. The van der Waals surface area contributed by atoms with Gasteiger partial charge in [-0.1, -0.05) is 0 Å². The molecule has 0 amide bonds. The molecule has 1 fully saturated rings. The van der Waals surface area contributed by atoms with Crippen LogP contribution in [0.15, 0.2) is 26.7 Å². The maximum absolute atomic E-state index is 13.0. The third-order valence-electron chi connectivity index (χ3n) is 5.40. The van der Waals surface area contributed by atoms with E-state index in [-0.39, 0.29) is 18.0 Å². The van der Waals surface area contributed by atoms with Gasteiger partial charge in [0.25, 0.3) is 5.56 Å². The van der Waals surface area contributed by atoms with Crippen LogP contribution in [0.25, 0.3) is 0 Å². The quantitative estimate of drug-likeness (QED) is 0.634. The lowest BCUT2D eigenvalue weighted by atomic mass is 10.2. The highest BCUT2D eigenvalue weighted by atomic mass is 32.2. The number of fused-ring (bicyclic) bond motifs is 1. The van der Waals surface area contributed by atoms with E-state index < -0.39 is 21.3 Å². The molecule has 0 saturated carbocycles. The standard InChI is InChI=1S/C17H22N6O4S/c1-20-11-14(16(24)21(2)17(20)25)28(26,27)23-8-6-22(7-9-23)15-10-12-4-3-5-13(12)18-19-15/h10-11H,3-9H2,1-2H3. The first kappa shape index (κ1) is 18.8. The van der Waals surface area contributed by atoms with Crippen LogP contribution in [0.4, 0.5) is 5.82 Å². The Kier molecular flexibility index (Phi) is 4.58. The van der Waals surface area contributed by atoms with Crippen molar-refractivity contribution in [1.29, 1.82) is 0 Å². The summed E-state index contributed by atoms with van der Waals surface area (Å²) >= 11 is 0. The SMILES string of the molecule is Cn1cc(S(=O)(=O)N2CCN(c3cc4c(nn3)CCC4)CC2)c(=O)n(C)c1=O. The average molecular weight is 406 g/mol. The summed E-state index contributed by atoms with van der Waals surface area (Å²) in [6.45, 7) is 1.37. The number of anilines is 1. The van der Waals surface area contributed by atoms with Crippen molar-refractivity contribution < 1.29 is 8.42 Å². The average Bonchev–Trinajstić information content (AvgIpc) is 3.17. The second-order valence-electron chi connectivity index (χ2n) is 7.17. The molecule has 150 valence electrons. The van der Waals surface area contributed by atoms with E-state index in [1.54, 1.807) is 0 Å². The summed E-state index contributed by atoms with van der Waals surface area (Å²) in [5.74, 6) is 0.760. The van der Waals surface area contributed by atoms with Gasteiger partial charge >= 0.3 is 5.69 Å². The lowest BCUT2D eigenvalue weighted by Crippen LogP contribution is -2.50. The van der Waals surface area contributed by atoms with E-state index in [1.165, 1.54) is 24.0 Å². The Hall–Kier alpha value is -2.53. The molecule has 0 atom stereocenters. The maximum Gasteiger partial charge on any atom is 0.330 e. The molecule has 0 bridgehead atoms. The summed E-state index contributed by atoms with van der Waals surface area (Å²) in [5.41, 5.74) is 0.892. The lowest BCUT2D eigenvalue weighted by Gasteiger charge is -2.34. The molecule has 2 aromatic heterocycles. The van der Waals surface area contributed by atoms with Gasteiger partial charge in [-0.2, -0.15) is 9.40 Å². The third kappa shape index (κ3) is 3.04. The summed E-state index contributed by atoms with van der Waals surface area (Å²) < 4.78 is 29.1. The molecule has 3 heterocycles. The van der Waals surface area contributed by atoms with E-state index >= 15 is 0 Å². The molecule has 28 heavy (non-hydrogen) atoms. The van der Waals surface area contributed by atoms with Gasteiger partial charge in [-0.05, 0) is 30.9 Å². The second kappa shape index (κ2) is 6.82. The minimum Gasteiger partial charge on any atom is -0.352 e. The molecule has 4 rings (SSSR count). The van der Waals surface area contributed by atoms with Crippen molar-refractivity contribution in [3.05, 3.63) is 44.4 Å². The summed E-state index contributed by atoms with van der Waals surface area (Å²) in [6.07, 6.45) is 4.15. The molecule has 1 saturated heterocycles. The number of hydrogen-bond acceptors (Lipinski definition) is 7. The van der Waals surface area contributed by atoms with Crippen LogP contribution in [-0.4, -0.2) is 58.2 Å². The molecule has 11 heteroatoms. The molecular weight excluding hydrogens is 384 g/mol. The molecule has 10 nitrogen and oxygen atoms in total. The van der Waals surface area contributed by atoms with Crippen molar-refractivity contribution in [3.8, 4) is 0 Å². The van der Waals surface area contributed by atoms with Crippen LogP contribution in [-0.2, 0) is 37.0 Å². The minimum atomic E-state index is -3.99. The smallest absolute Gasteiger partial charge is 0.330 e. The number of aromatic nitrogens is 4. The fourth-order valence-electron chi connectivity index (χ4n) is 3.72. The van der Waals surface area contributed by atoms with E-state index in [2.05, 4.69) is 10.2 Å².